The van der Waals surface area contributed by atoms with Crippen LogP contribution in [0.25, 0.3) is 5.69 Å². The largest absolute Gasteiger partial charge is 0.334 e. The van der Waals surface area contributed by atoms with Crippen LogP contribution in [0.4, 0.5) is 4.79 Å². The van der Waals surface area contributed by atoms with Gasteiger partial charge in [0.2, 0.25) is 0 Å². The number of thiophene rings is 1. The summed E-state index contributed by atoms with van der Waals surface area (Å²) in [6, 6.07) is 14.4. The molecule has 0 spiro atoms. The van der Waals surface area contributed by atoms with E-state index in [0.29, 0.717) is 17.7 Å². The molecule has 0 aliphatic carbocycles. The number of carbonyl (C=O) groups excluding carboxylic acids is 4. The third-order valence-corrected chi connectivity index (χ3v) is 6.28. The lowest BCUT2D eigenvalue weighted by Gasteiger charge is -2.15. The Labute approximate surface area is 183 Å². The first kappa shape index (κ1) is 20.7. The van der Waals surface area contributed by atoms with Crippen molar-refractivity contribution < 1.29 is 19.2 Å². The topological polar surface area (TPSA) is 79.7 Å². The summed E-state index contributed by atoms with van der Waals surface area (Å²) >= 11 is 1.52. The van der Waals surface area contributed by atoms with Crippen LogP contribution in [0.3, 0.4) is 0 Å². The van der Waals surface area contributed by atoms with E-state index in [1.54, 1.807) is 6.07 Å². The summed E-state index contributed by atoms with van der Waals surface area (Å²) in [4.78, 5) is 53.0. The first-order chi connectivity index (χ1) is 14.9. The van der Waals surface area contributed by atoms with E-state index in [-0.39, 0.29) is 12.3 Å². The minimum Gasteiger partial charge on any atom is -0.318 e. The highest BCUT2D eigenvalue weighted by Crippen LogP contribution is 2.22. The van der Waals surface area contributed by atoms with Gasteiger partial charge in [-0.15, -0.1) is 11.3 Å². The molecule has 31 heavy (non-hydrogen) atoms. The lowest BCUT2D eigenvalue weighted by Crippen LogP contribution is -2.37. The van der Waals surface area contributed by atoms with Gasteiger partial charge in [0, 0.05) is 40.5 Å². The van der Waals surface area contributed by atoms with Crippen molar-refractivity contribution in [3.63, 3.8) is 0 Å². The fourth-order valence-corrected chi connectivity index (χ4v) is 4.51. The highest BCUT2D eigenvalue weighted by molar-refractivity contribution is 7.09. The Hall–Kier alpha value is -3.52. The van der Waals surface area contributed by atoms with Crippen molar-refractivity contribution in [2.75, 3.05) is 13.1 Å². The van der Waals surface area contributed by atoms with Crippen LogP contribution in [-0.4, -0.2) is 51.1 Å². The lowest BCUT2D eigenvalue weighted by atomic mass is 10.1. The molecule has 4 rings (SSSR count). The number of para-hydroxylation sites is 1. The van der Waals surface area contributed by atoms with Crippen molar-refractivity contribution in [3.05, 3.63) is 75.7 Å². The maximum absolute atomic E-state index is 13.0. The number of imide groups is 2. The van der Waals surface area contributed by atoms with Crippen LogP contribution < -0.4 is 0 Å². The van der Waals surface area contributed by atoms with Gasteiger partial charge in [0.25, 0.3) is 0 Å². The van der Waals surface area contributed by atoms with E-state index in [0.717, 1.165) is 26.1 Å². The Kier molecular flexibility index (Phi) is 5.56. The number of nitrogens with zero attached hydrogens (tertiary/aromatic N) is 3. The van der Waals surface area contributed by atoms with E-state index in [1.807, 2.05) is 66.3 Å². The standard InChI is InChI=1S/C23H21N3O4S/c1-15-13-19(16(2)26(15)17-7-4-3-5-8-17)20(27)14-25-22(29)21(28)24(23(25)30)11-10-18-9-6-12-31-18/h3-9,12-13H,10-11,14H2,1-2H3. The molecule has 158 valence electrons. The molecule has 1 aromatic carbocycles. The van der Waals surface area contributed by atoms with Gasteiger partial charge in [0.15, 0.2) is 5.78 Å². The number of Topliss-reactive ketones (excluding diaryl/α,β-unsaturated/α-hetero) is 1. The zero-order valence-electron chi connectivity index (χ0n) is 17.2. The highest BCUT2D eigenvalue weighted by Gasteiger charge is 2.45. The quantitative estimate of drug-likeness (QED) is 0.324. The number of aryl methyl sites for hydroxylation is 1. The number of hydrogen-bond acceptors (Lipinski definition) is 5. The van der Waals surface area contributed by atoms with Gasteiger partial charge in [-0.3, -0.25) is 19.3 Å². The van der Waals surface area contributed by atoms with Gasteiger partial charge < -0.3 is 4.57 Å². The molecule has 0 N–H and O–H groups in total. The Morgan fingerprint density at radius 1 is 0.935 bits per heavy atom. The Morgan fingerprint density at radius 2 is 1.65 bits per heavy atom. The zero-order chi connectivity index (χ0) is 22.1. The SMILES string of the molecule is Cc1cc(C(=O)CN2C(=O)C(=O)N(CCc3cccs3)C2=O)c(C)n1-c1ccccc1. The fourth-order valence-electron chi connectivity index (χ4n) is 3.81. The second kappa shape index (κ2) is 8.31. The van der Waals surface area contributed by atoms with Gasteiger partial charge in [-0.1, -0.05) is 24.3 Å². The second-order valence-electron chi connectivity index (χ2n) is 7.34. The molecule has 3 aromatic rings. The minimum absolute atomic E-state index is 0.108. The van der Waals surface area contributed by atoms with Crippen LogP contribution in [0.15, 0.2) is 53.9 Å². The van der Waals surface area contributed by atoms with Crippen LogP contribution in [0.2, 0.25) is 0 Å². The van der Waals surface area contributed by atoms with Crippen molar-refractivity contribution in [3.8, 4) is 5.69 Å². The van der Waals surface area contributed by atoms with Crippen LogP contribution in [0.1, 0.15) is 26.6 Å². The summed E-state index contributed by atoms with van der Waals surface area (Å²) in [5.41, 5.74) is 2.92. The predicted octanol–water partition coefficient (Wildman–Crippen LogP) is 3.37. The highest BCUT2D eigenvalue weighted by atomic mass is 32.1. The molecule has 1 fully saturated rings. The van der Waals surface area contributed by atoms with Crippen molar-refractivity contribution in [1.29, 1.82) is 0 Å². The van der Waals surface area contributed by atoms with E-state index in [9.17, 15) is 19.2 Å². The molecule has 1 aliphatic heterocycles. The maximum atomic E-state index is 13.0. The van der Waals surface area contributed by atoms with Gasteiger partial charge in [-0.05, 0) is 43.5 Å². The number of amides is 4. The summed E-state index contributed by atoms with van der Waals surface area (Å²) in [5, 5.41) is 1.91. The van der Waals surface area contributed by atoms with E-state index in [4.69, 9.17) is 0 Å². The maximum Gasteiger partial charge on any atom is 0.334 e. The molecular formula is C23H21N3O4S. The number of rotatable bonds is 7. The number of benzene rings is 1. The van der Waals surface area contributed by atoms with Gasteiger partial charge in [-0.2, -0.15) is 0 Å². The van der Waals surface area contributed by atoms with Crippen molar-refractivity contribution >= 4 is 35.0 Å². The zero-order valence-corrected chi connectivity index (χ0v) is 18.0. The number of ketones is 1. The molecule has 0 radical (unpaired) electrons. The van der Waals surface area contributed by atoms with E-state index in [1.165, 1.54) is 11.3 Å². The summed E-state index contributed by atoms with van der Waals surface area (Å²) < 4.78 is 1.94. The molecular weight excluding hydrogens is 414 g/mol. The Balaban J connectivity index is 1.51. The molecule has 1 aliphatic rings. The smallest absolute Gasteiger partial charge is 0.318 e. The van der Waals surface area contributed by atoms with E-state index >= 15 is 0 Å². The number of hydrogen-bond donors (Lipinski definition) is 0. The monoisotopic (exact) mass is 435 g/mol. The third kappa shape index (κ3) is 3.82. The molecule has 0 saturated carbocycles. The summed E-state index contributed by atoms with van der Waals surface area (Å²) in [6.07, 6.45) is 0.475. The van der Waals surface area contributed by atoms with Gasteiger partial charge in [0.05, 0.1) is 6.54 Å². The van der Waals surface area contributed by atoms with Crippen LogP contribution >= 0.6 is 11.3 Å². The fraction of sp³-hybridized carbons (Fsp3) is 0.217. The summed E-state index contributed by atoms with van der Waals surface area (Å²) in [7, 11) is 0. The van der Waals surface area contributed by atoms with Crippen LogP contribution in [0.5, 0.6) is 0 Å². The molecule has 0 unspecified atom stereocenters. The Bertz CT molecular complexity index is 1170. The Morgan fingerprint density at radius 3 is 2.32 bits per heavy atom. The lowest BCUT2D eigenvalue weighted by molar-refractivity contribution is -0.143. The second-order valence-corrected chi connectivity index (χ2v) is 8.37. The molecule has 3 heterocycles. The molecule has 7 nitrogen and oxygen atoms in total. The minimum atomic E-state index is -0.957. The molecule has 0 atom stereocenters. The van der Waals surface area contributed by atoms with Gasteiger partial charge in [0.1, 0.15) is 0 Å². The van der Waals surface area contributed by atoms with E-state index in [2.05, 4.69) is 0 Å². The molecule has 0 bridgehead atoms. The number of urea groups is 1. The third-order valence-electron chi connectivity index (χ3n) is 5.34. The average molecular weight is 436 g/mol. The molecule has 8 heteroatoms. The van der Waals surface area contributed by atoms with Crippen molar-refractivity contribution in [2.45, 2.75) is 20.3 Å². The molecule has 1 saturated heterocycles. The van der Waals surface area contributed by atoms with Crippen LogP contribution in [-0.2, 0) is 16.0 Å². The number of carbonyl (C=O) groups is 4. The first-order valence-electron chi connectivity index (χ1n) is 9.85. The van der Waals surface area contributed by atoms with Crippen molar-refractivity contribution in [1.82, 2.24) is 14.4 Å². The normalized spacial score (nSPS) is 14.1. The average Bonchev–Trinajstić information content (AvgIpc) is 3.43. The summed E-state index contributed by atoms with van der Waals surface area (Å²) in [5.74, 6) is -2.23. The first-order valence-corrected chi connectivity index (χ1v) is 10.7. The predicted molar refractivity (Wildman–Crippen MR) is 116 cm³/mol. The van der Waals surface area contributed by atoms with Crippen LogP contribution in [0, 0.1) is 13.8 Å². The van der Waals surface area contributed by atoms with Gasteiger partial charge in [-0.25, -0.2) is 9.69 Å². The number of aromatic nitrogens is 1. The summed E-state index contributed by atoms with van der Waals surface area (Å²) in [6.45, 7) is 3.35. The molecule has 4 amide bonds. The van der Waals surface area contributed by atoms with Gasteiger partial charge >= 0.3 is 17.8 Å². The van der Waals surface area contributed by atoms with Crippen molar-refractivity contribution in [2.24, 2.45) is 0 Å². The van der Waals surface area contributed by atoms with E-state index < -0.39 is 24.4 Å². The molecule has 2 aromatic heterocycles.